The molecule has 0 aromatic heterocycles. The Morgan fingerprint density at radius 3 is 2.60 bits per heavy atom. The normalized spacial score (nSPS) is 10.3. The highest BCUT2D eigenvalue weighted by molar-refractivity contribution is 5.64. The van der Waals surface area contributed by atoms with E-state index in [4.69, 9.17) is 9.84 Å². The number of nitrogens with zero attached hydrogens (tertiary/aromatic N) is 1. The summed E-state index contributed by atoms with van der Waals surface area (Å²) < 4.78 is 5.70. The second kappa shape index (κ2) is 7.32. The Morgan fingerprint density at radius 2 is 2.10 bits per heavy atom. The van der Waals surface area contributed by atoms with Gasteiger partial charge in [-0.15, -0.1) is 0 Å². The fraction of sp³-hybridized carbons (Fsp3) is 0.462. The van der Waals surface area contributed by atoms with Crippen LogP contribution in [0.25, 0.3) is 0 Å². The molecule has 1 rings (SSSR count). The summed E-state index contributed by atoms with van der Waals surface area (Å²) in [6, 6.07) is 4.36. The lowest BCUT2D eigenvalue weighted by Crippen LogP contribution is -2.21. The van der Waals surface area contributed by atoms with Crippen molar-refractivity contribution in [2.75, 3.05) is 0 Å². The third-order valence-corrected chi connectivity index (χ3v) is 2.89. The van der Waals surface area contributed by atoms with Crippen molar-refractivity contribution in [2.24, 2.45) is 0 Å². The number of hydrogen-bond donors (Lipinski definition) is 2. The molecule has 0 atom stereocenters. The van der Waals surface area contributed by atoms with E-state index in [0.29, 0.717) is 5.75 Å². The monoisotopic (exact) mass is 282 g/mol. The molecule has 7 heteroatoms. The van der Waals surface area contributed by atoms with Gasteiger partial charge in [0.25, 0.3) is 5.69 Å². The lowest BCUT2D eigenvalue weighted by Gasteiger charge is -2.16. The molecule has 0 bridgehead atoms. The van der Waals surface area contributed by atoms with Crippen LogP contribution in [0.2, 0.25) is 0 Å². The highest BCUT2D eigenvalue weighted by Gasteiger charge is 2.16. The SMILES string of the molecule is CCC(CC)Oc1ccc([N+](=O)[O-])c(CNC(=O)O)c1. The van der Waals surface area contributed by atoms with E-state index in [0.717, 1.165) is 12.8 Å². The van der Waals surface area contributed by atoms with Crippen LogP contribution in [0.3, 0.4) is 0 Å². The number of nitro benzene ring substituents is 1. The molecule has 0 saturated heterocycles. The molecule has 7 nitrogen and oxygen atoms in total. The van der Waals surface area contributed by atoms with Gasteiger partial charge >= 0.3 is 6.09 Å². The van der Waals surface area contributed by atoms with Crippen molar-refractivity contribution in [3.05, 3.63) is 33.9 Å². The number of carbonyl (C=O) groups is 1. The molecule has 0 fully saturated rings. The summed E-state index contributed by atoms with van der Waals surface area (Å²) in [6.07, 6.45) is 0.467. The van der Waals surface area contributed by atoms with E-state index >= 15 is 0 Å². The van der Waals surface area contributed by atoms with Gasteiger partial charge in [0.2, 0.25) is 0 Å². The molecule has 0 aliphatic rings. The predicted octanol–water partition coefficient (Wildman–Crippen LogP) is 2.93. The van der Waals surface area contributed by atoms with Gasteiger partial charge in [0.05, 0.1) is 23.1 Å². The average molecular weight is 282 g/mol. The molecular weight excluding hydrogens is 264 g/mol. The molecule has 1 aromatic carbocycles. The molecule has 0 aliphatic heterocycles. The number of hydrogen-bond acceptors (Lipinski definition) is 4. The van der Waals surface area contributed by atoms with Crippen molar-refractivity contribution in [2.45, 2.75) is 39.3 Å². The van der Waals surface area contributed by atoms with Gasteiger partial charge in [0.1, 0.15) is 5.75 Å². The minimum absolute atomic E-state index is 0.0386. The van der Waals surface area contributed by atoms with Gasteiger partial charge in [-0.1, -0.05) is 13.8 Å². The smallest absolute Gasteiger partial charge is 0.404 e. The zero-order valence-corrected chi connectivity index (χ0v) is 11.5. The van der Waals surface area contributed by atoms with Crippen molar-refractivity contribution in [3.63, 3.8) is 0 Å². The van der Waals surface area contributed by atoms with Crippen molar-refractivity contribution in [3.8, 4) is 5.75 Å². The first-order valence-electron chi connectivity index (χ1n) is 6.38. The van der Waals surface area contributed by atoms with Crippen LogP contribution < -0.4 is 10.1 Å². The van der Waals surface area contributed by atoms with Crippen LogP contribution in [0.4, 0.5) is 10.5 Å². The molecule has 1 aromatic rings. The van der Waals surface area contributed by atoms with E-state index in [1.54, 1.807) is 0 Å². The Labute approximate surface area is 116 Å². The van der Waals surface area contributed by atoms with Gasteiger partial charge in [-0.3, -0.25) is 10.1 Å². The van der Waals surface area contributed by atoms with Crippen molar-refractivity contribution in [1.29, 1.82) is 0 Å². The summed E-state index contributed by atoms with van der Waals surface area (Å²) >= 11 is 0. The van der Waals surface area contributed by atoms with Crippen molar-refractivity contribution < 1.29 is 19.6 Å². The van der Waals surface area contributed by atoms with Crippen LogP contribution in [-0.2, 0) is 6.54 Å². The minimum atomic E-state index is -1.23. The van der Waals surface area contributed by atoms with Crippen LogP contribution in [0.5, 0.6) is 5.75 Å². The van der Waals surface area contributed by atoms with Gasteiger partial charge in [0, 0.05) is 6.07 Å². The second-order valence-electron chi connectivity index (χ2n) is 4.26. The molecule has 0 saturated carbocycles. The quantitative estimate of drug-likeness (QED) is 0.591. The average Bonchev–Trinajstić information content (AvgIpc) is 2.42. The number of ether oxygens (including phenoxy) is 1. The molecule has 0 heterocycles. The van der Waals surface area contributed by atoms with E-state index < -0.39 is 11.0 Å². The Balaban J connectivity index is 2.97. The third-order valence-electron chi connectivity index (χ3n) is 2.89. The summed E-state index contributed by atoms with van der Waals surface area (Å²) in [6.45, 7) is 3.85. The molecule has 20 heavy (non-hydrogen) atoms. The molecule has 0 radical (unpaired) electrons. The van der Waals surface area contributed by atoms with Gasteiger partial charge in [0.15, 0.2) is 0 Å². The maximum atomic E-state index is 10.9. The van der Waals surface area contributed by atoms with Crippen LogP contribution in [0.15, 0.2) is 18.2 Å². The molecule has 2 N–H and O–H groups in total. The Morgan fingerprint density at radius 1 is 1.45 bits per heavy atom. The summed E-state index contributed by atoms with van der Waals surface area (Å²) in [5, 5.41) is 21.6. The van der Waals surface area contributed by atoms with Crippen LogP contribution in [0, 0.1) is 10.1 Å². The topological polar surface area (TPSA) is 102 Å². The van der Waals surface area contributed by atoms with Gasteiger partial charge in [-0.05, 0) is 25.0 Å². The Bertz CT molecular complexity index is 486. The molecule has 0 unspecified atom stereocenters. The maximum Gasteiger partial charge on any atom is 0.404 e. The Kier molecular flexibility index (Phi) is 5.76. The van der Waals surface area contributed by atoms with Crippen LogP contribution in [-0.4, -0.2) is 22.2 Å². The highest BCUT2D eigenvalue weighted by Crippen LogP contribution is 2.25. The molecule has 0 aliphatic carbocycles. The van der Waals surface area contributed by atoms with Crippen molar-refractivity contribution in [1.82, 2.24) is 5.32 Å². The molecular formula is C13H18N2O5. The summed E-state index contributed by atoms with van der Waals surface area (Å²) in [5.74, 6) is 0.506. The minimum Gasteiger partial charge on any atom is -0.490 e. The molecule has 0 spiro atoms. The lowest BCUT2D eigenvalue weighted by atomic mass is 10.1. The third kappa shape index (κ3) is 4.42. The van der Waals surface area contributed by atoms with E-state index in [1.165, 1.54) is 18.2 Å². The van der Waals surface area contributed by atoms with Gasteiger partial charge in [-0.2, -0.15) is 0 Å². The number of carboxylic acid groups (broad SMARTS) is 1. The van der Waals surface area contributed by atoms with E-state index in [2.05, 4.69) is 5.32 Å². The largest absolute Gasteiger partial charge is 0.490 e. The molecule has 110 valence electrons. The zero-order valence-electron chi connectivity index (χ0n) is 11.5. The summed E-state index contributed by atoms with van der Waals surface area (Å²) in [4.78, 5) is 20.9. The lowest BCUT2D eigenvalue weighted by molar-refractivity contribution is -0.385. The standard InChI is InChI=1S/C13H18N2O5/c1-3-10(4-2)20-11-5-6-12(15(18)19)9(7-11)8-14-13(16)17/h5-7,10,14H,3-4,8H2,1-2H3,(H,16,17). The zero-order chi connectivity index (χ0) is 15.1. The Hall–Kier alpha value is -2.31. The van der Waals surface area contributed by atoms with Crippen LogP contribution in [0.1, 0.15) is 32.3 Å². The number of benzene rings is 1. The first kappa shape index (κ1) is 15.7. The highest BCUT2D eigenvalue weighted by atomic mass is 16.6. The fourth-order valence-corrected chi connectivity index (χ4v) is 1.77. The molecule has 1 amide bonds. The fourth-order valence-electron chi connectivity index (χ4n) is 1.77. The number of rotatable bonds is 7. The number of nitro groups is 1. The first-order valence-corrected chi connectivity index (χ1v) is 6.38. The summed E-state index contributed by atoms with van der Waals surface area (Å²) in [7, 11) is 0. The van der Waals surface area contributed by atoms with E-state index in [-0.39, 0.29) is 23.9 Å². The first-order chi connectivity index (χ1) is 9.47. The van der Waals surface area contributed by atoms with E-state index in [9.17, 15) is 14.9 Å². The maximum absolute atomic E-state index is 10.9. The van der Waals surface area contributed by atoms with Gasteiger partial charge < -0.3 is 15.2 Å². The van der Waals surface area contributed by atoms with E-state index in [1.807, 2.05) is 13.8 Å². The number of nitrogens with one attached hydrogen (secondary N) is 1. The summed E-state index contributed by atoms with van der Waals surface area (Å²) in [5.41, 5.74) is 0.150. The number of amides is 1. The second-order valence-corrected chi connectivity index (χ2v) is 4.26. The predicted molar refractivity (Wildman–Crippen MR) is 73.0 cm³/mol. The van der Waals surface area contributed by atoms with Crippen LogP contribution >= 0.6 is 0 Å². The van der Waals surface area contributed by atoms with Crippen molar-refractivity contribution >= 4 is 11.8 Å². The van der Waals surface area contributed by atoms with Gasteiger partial charge in [-0.25, -0.2) is 4.79 Å².